The molecule has 1 heterocycles. The third-order valence-electron chi connectivity index (χ3n) is 3.18. The number of benzene rings is 1. The van der Waals surface area contributed by atoms with Crippen LogP contribution in [0.1, 0.15) is 18.4 Å². The Morgan fingerprint density at radius 1 is 1.39 bits per heavy atom. The number of ether oxygens (including phenoxy) is 2. The van der Waals surface area contributed by atoms with E-state index in [1.165, 1.54) is 0 Å². The van der Waals surface area contributed by atoms with Crippen LogP contribution >= 0.6 is 0 Å². The Balaban J connectivity index is 1.84. The van der Waals surface area contributed by atoms with Crippen LogP contribution < -0.4 is 0 Å². The van der Waals surface area contributed by atoms with E-state index in [-0.39, 0.29) is 12.1 Å². The summed E-state index contributed by atoms with van der Waals surface area (Å²) in [5.41, 5.74) is 1.01. The van der Waals surface area contributed by atoms with Crippen LogP contribution in [0.25, 0.3) is 0 Å². The summed E-state index contributed by atoms with van der Waals surface area (Å²) in [4.78, 5) is 13.7. The fourth-order valence-electron chi connectivity index (χ4n) is 2.24. The van der Waals surface area contributed by atoms with Crippen molar-refractivity contribution in [2.75, 3.05) is 20.3 Å². The number of methoxy groups -OCH3 is 1. The number of likely N-dealkylation sites (tertiary alicyclic amines) is 1. The molecule has 4 heteroatoms. The van der Waals surface area contributed by atoms with Crippen LogP contribution in [0.15, 0.2) is 30.3 Å². The zero-order valence-electron chi connectivity index (χ0n) is 10.7. The van der Waals surface area contributed by atoms with Crippen molar-refractivity contribution in [3.8, 4) is 0 Å². The summed E-state index contributed by atoms with van der Waals surface area (Å²) in [6, 6.07) is 9.88. The molecule has 1 fully saturated rings. The third-order valence-corrected chi connectivity index (χ3v) is 3.18. The van der Waals surface area contributed by atoms with Crippen LogP contribution in [-0.4, -0.2) is 37.3 Å². The summed E-state index contributed by atoms with van der Waals surface area (Å²) in [5, 5.41) is 0. The maximum atomic E-state index is 12.0. The zero-order chi connectivity index (χ0) is 12.8. The second-order valence-corrected chi connectivity index (χ2v) is 4.48. The smallest absolute Gasteiger partial charge is 0.410 e. The lowest BCUT2D eigenvalue weighted by Gasteiger charge is -2.23. The number of rotatable bonds is 4. The molecule has 0 aromatic heterocycles. The van der Waals surface area contributed by atoms with Crippen molar-refractivity contribution in [1.82, 2.24) is 4.90 Å². The Bertz CT molecular complexity index is 380. The Morgan fingerprint density at radius 2 is 2.17 bits per heavy atom. The summed E-state index contributed by atoms with van der Waals surface area (Å²) in [7, 11) is 1.66. The summed E-state index contributed by atoms with van der Waals surface area (Å²) in [6.45, 7) is 1.68. The second-order valence-electron chi connectivity index (χ2n) is 4.48. The second kappa shape index (κ2) is 6.40. The van der Waals surface area contributed by atoms with E-state index in [0.29, 0.717) is 13.2 Å². The van der Waals surface area contributed by atoms with E-state index in [1.807, 2.05) is 30.3 Å². The van der Waals surface area contributed by atoms with Crippen LogP contribution in [0.4, 0.5) is 4.79 Å². The van der Waals surface area contributed by atoms with Crippen LogP contribution in [-0.2, 0) is 16.1 Å². The fraction of sp³-hybridized carbons (Fsp3) is 0.500. The normalized spacial score (nSPS) is 18.9. The standard InChI is InChI=1S/C14H19NO3/c1-17-11-13-8-5-9-15(13)14(16)18-10-12-6-3-2-4-7-12/h2-4,6-7,13H,5,8-11H2,1H3/t13-/m0/s1. The van der Waals surface area contributed by atoms with Crippen LogP contribution in [0.5, 0.6) is 0 Å². The van der Waals surface area contributed by atoms with Gasteiger partial charge >= 0.3 is 6.09 Å². The number of hydrogen-bond acceptors (Lipinski definition) is 3. The quantitative estimate of drug-likeness (QED) is 0.822. The molecule has 1 atom stereocenters. The molecule has 0 N–H and O–H groups in total. The van der Waals surface area contributed by atoms with E-state index in [0.717, 1.165) is 24.9 Å². The molecular weight excluding hydrogens is 230 g/mol. The molecule has 0 unspecified atom stereocenters. The fourth-order valence-corrected chi connectivity index (χ4v) is 2.24. The van der Waals surface area contributed by atoms with Gasteiger partial charge in [0.2, 0.25) is 0 Å². The van der Waals surface area contributed by atoms with Crippen molar-refractivity contribution < 1.29 is 14.3 Å². The molecular formula is C14H19NO3. The molecule has 0 spiro atoms. The highest BCUT2D eigenvalue weighted by molar-refractivity contribution is 5.68. The van der Waals surface area contributed by atoms with Crippen molar-refractivity contribution in [3.63, 3.8) is 0 Å². The highest BCUT2D eigenvalue weighted by atomic mass is 16.6. The predicted octanol–water partition coefficient (Wildman–Crippen LogP) is 2.43. The van der Waals surface area contributed by atoms with Gasteiger partial charge in [-0.05, 0) is 18.4 Å². The van der Waals surface area contributed by atoms with E-state index < -0.39 is 0 Å². The van der Waals surface area contributed by atoms with Gasteiger partial charge in [-0.25, -0.2) is 4.79 Å². The summed E-state index contributed by atoms with van der Waals surface area (Å²) < 4.78 is 10.4. The van der Waals surface area contributed by atoms with Gasteiger partial charge in [-0.2, -0.15) is 0 Å². The number of carbonyl (C=O) groups is 1. The first-order chi connectivity index (χ1) is 8.81. The van der Waals surface area contributed by atoms with Gasteiger partial charge in [-0.1, -0.05) is 30.3 Å². The average molecular weight is 249 g/mol. The predicted molar refractivity (Wildman–Crippen MR) is 68.2 cm³/mol. The Morgan fingerprint density at radius 3 is 2.89 bits per heavy atom. The molecule has 0 saturated carbocycles. The first kappa shape index (κ1) is 12.9. The molecule has 1 saturated heterocycles. The minimum Gasteiger partial charge on any atom is -0.445 e. The minimum atomic E-state index is -0.238. The monoisotopic (exact) mass is 249 g/mol. The van der Waals surface area contributed by atoms with E-state index in [2.05, 4.69) is 0 Å². The molecule has 1 aromatic carbocycles. The molecule has 0 radical (unpaired) electrons. The van der Waals surface area contributed by atoms with Crippen molar-refractivity contribution in [1.29, 1.82) is 0 Å². The van der Waals surface area contributed by atoms with E-state index in [9.17, 15) is 4.79 Å². The molecule has 4 nitrogen and oxygen atoms in total. The third kappa shape index (κ3) is 3.23. The van der Waals surface area contributed by atoms with Gasteiger partial charge < -0.3 is 14.4 Å². The number of amides is 1. The summed E-state index contributed by atoms with van der Waals surface area (Å²) >= 11 is 0. The van der Waals surface area contributed by atoms with Crippen molar-refractivity contribution >= 4 is 6.09 Å². The topological polar surface area (TPSA) is 38.8 Å². The van der Waals surface area contributed by atoms with Crippen LogP contribution in [0.3, 0.4) is 0 Å². The lowest BCUT2D eigenvalue weighted by atomic mass is 10.2. The number of hydrogen-bond donors (Lipinski definition) is 0. The molecule has 0 bridgehead atoms. The van der Waals surface area contributed by atoms with Gasteiger partial charge in [0.05, 0.1) is 12.6 Å². The van der Waals surface area contributed by atoms with Crippen molar-refractivity contribution in [3.05, 3.63) is 35.9 Å². The van der Waals surface area contributed by atoms with Gasteiger partial charge in [-0.3, -0.25) is 0 Å². The summed E-state index contributed by atoms with van der Waals surface area (Å²) in [5.74, 6) is 0. The van der Waals surface area contributed by atoms with Gasteiger partial charge in [0, 0.05) is 13.7 Å². The molecule has 1 amide bonds. The maximum absolute atomic E-state index is 12.0. The van der Waals surface area contributed by atoms with E-state index >= 15 is 0 Å². The lowest BCUT2D eigenvalue weighted by molar-refractivity contribution is 0.0701. The molecule has 1 aliphatic rings. The SMILES string of the molecule is COC[C@@H]1CCCN1C(=O)OCc1ccccc1. The average Bonchev–Trinajstić information content (AvgIpc) is 2.86. The highest BCUT2D eigenvalue weighted by Crippen LogP contribution is 2.18. The van der Waals surface area contributed by atoms with E-state index in [1.54, 1.807) is 12.0 Å². The number of carbonyl (C=O) groups excluding carboxylic acids is 1. The Kier molecular flexibility index (Phi) is 4.59. The van der Waals surface area contributed by atoms with Crippen molar-refractivity contribution in [2.45, 2.75) is 25.5 Å². The molecule has 18 heavy (non-hydrogen) atoms. The molecule has 2 rings (SSSR count). The van der Waals surface area contributed by atoms with Crippen LogP contribution in [0.2, 0.25) is 0 Å². The molecule has 0 aliphatic carbocycles. The van der Waals surface area contributed by atoms with Gasteiger partial charge in [0.15, 0.2) is 0 Å². The minimum absolute atomic E-state index is 0.165. The Labute approximate surface area is 107 Å². The van der Waals surface area contributed by atoms with Gasteiger partial charge in [-0.15, -0.1) is 0 Å². The zero-order valence-corrected chi connectivity index (χ0v) is 10.7. The lowest BCUT2D eigenvalue weighted by Crippen LogP contribution is -2.38. The van der Waals surface area contributed by atoms with Crippen molar-refractivity contribution in [2.24, 2.45) is 0 Å². The highest BCUT2D eigenvalue weighted by Gasteiger charge is 2.29. The van der Waals surface area contributed by atoms with E-state index in [4.69, 9.17) is 9.47 Å². The first-order valence-corrected chi connectivity index (χ1v) is 6.27. The maximum Gasteiger partial charge on any atom is 0.410 e. The first-order valence-electron chi connectivity index (χ1n) is 6.27. The molecule has 98 valence electrons. The molecule has 1 aliphatic heterocycles. The van der Waals surface area contributed by atoms with Crippen LogP contribution in [0, 0.1) is 0 Å². The Hall–Kier alpha value is -1.55. The summed E-state index contributed by atoms with van der Waals surface area (Å²) in [6.07, 6.45) is 1.78. The molecule has 1 aromatic rings. The largest absolute Gasteiger partial charge is 0.445 e. The van der Waals surface area contributed by atoms with Gasteiger partial charge in [0.25, 0.3) is 0 Å². The van der Waals surface area contributed by atoms with Gasteiger partial charge in [0.1, 0.15) is 6.61 Å². The number of nitrogens with zero attached hydrogens (tertiary/aromatic N) is 1.